The Labute approximate surface area is 108 Å². The van der Waals surface area contributed by atoms with E-state index >= 15 is 0 Å². The molecule has 1 saturated carbocycles. The molecular formula is C14H20N2O2. The smallest absolute Gasteiger partial charge is 0.253 e. The Morgan fingerprint density at radius 3 is 2.83 bits per heavy atom. The lowest BCUT2D eigenvalue weighted by molar-refractivity contribution is 0.0947. The van der Waals surface area contributed by atoms with E-state index in [0.29, 0.717) is 22.9 Å². The monoisotopic (exact) mass is 248 g/mol. The van der Waals surface area contributed by atoms with Gasteiger partial charge in [-0.15, -0.1) is 0 Å². The van der Waals surface area contributed by atoms with Crippen molar-refractivity contribution < 1.29 is 9.53 Å². The summed E-state index contributed by atoms with van der Waals surface area (Å²) in [4.78, 5) is 12.0. The summed E-state index contributed by atoms with van der Waals surface area (Å²) >= 11 is 0. The fourth-order valence-corrected chi connectivity index (χ4v) is 2.06. The van der Waals surface area contributed by atoms with Crippen molar-refractivity contribution in [3.63, 3.8) is 0 Å². The van der Waals surface area contributed by atoms with Gasteiger partial charge in [0.1, 0.15) is 5.75 Å². The Hall–Kier alpha value is -1.71. The van der Waals surface area contributed by atoms with Gasteiger partial charge >= 0.3 is 0 Å². The van der Waals surface area contributed by atoms with Crippen LogP contribution in [0.15, 0.2) is 18.2 Å². The third kappa shape index (κ3) is 2.94. The number of hydrogen-bond donors (Lipinski definition) is 2. The molecule has 18 heavy (non-hydrogen) atoms. The molecule has 0 heterocycles. The van der Waals surface area contributed by atoms with Gasteiger partial charge in [-0.25, -0.2) is 0 Å². The Balaban J connectivity index is 1.95. The Bertz CT molecular complexity index is 441. The molecule has 4 nitrogen and oxygen atoms in total. The predicted molar refractivity (Wildman–Crippen MR) is 71.6 cm³/mol. The zero-order valence-corrected chi connectivity index (χ0v) is 10.9. The number of nitrogens with two attached hydrogens (primary N) is 1. The van der Waals surface area contributed by atoms with Gasteiger partial charge in [0.15, 0.2) is 0 Å². The summed E-state index contributed by atoms with van der Waals surface area (Å²) < 4.78 is 5.06. The van der Waals surface area contributed by atoms with E-state index in [1.54, 1.807) is 25.3 Å². The average molecular weight is 248 g/mol. The third-order valence-electron chi connectivity index (χ3n) is 3.51. The SMILES string of the molecule is COc1ccc(C(=O)NCC(C)C2CC2)c(N)c1. The lowest BCUT2D eigenvalue weighted by Gasteiger charge is -2.12. The van der Waals surface area contributed by atoms with Crippen LogP contribution in [0, 0.1) is 11.8 Å². The highest BCUT2D eigenvalue weighted by atomic mass is 16.5. The molecule has 1 unspecified atom stereocenters. The highest BCUT2D eigenvalue weighted by molar-refractivity contribution is 5.99. The second-order valence-electron chi connectivity index (χ2n) is 4.98. The molecule has 1 fully saturated rings. The lowest BCUT2D eigenvalue weighted by Crippen LogP contribution is -2.29. The zero-order chi connectivity index (χ0) is 13.1. The molecule has 0 radical (unpaired) electrons. The third-order valence-corrected chi connectivity index (χ3v) is 3.51. The van der Waals surface area contributed by atoms with Crippen LogP contribution in [0.4, 0.5) is 5.69 Å². The first-order chi connectivity index (χ1) is 8.61. The second kappa shape index (κ2) is 5.29. The van der Waals surface area contributed by atoms with Gasteiger partial charge in [0.2, 0.25) is 0 Å². The lowest BCUT2D eigenvalue weighted by atomic mass is 10.1. The van der Waals surface area contributed by atoms with Crippen molar-refractivity contribution in [1.82, 2.24) is 5.32 Å². The minimum absolute atomic E-state index is 0.109. The fraction of sp³-hybridized carbons (Fsp3) is 0.500. The highest BCUT2D eigenvalue weighted by Gasteiger charge is 2.28. The van der Waals surface area contributed by atoms with Crippen LogP contribution >= 0.6 is 0 Å². The summed E-state index contributed by atoms with van der Waals surface area (Å²) in [6.45, 7) is 2.89. The number of carbonyl (C=O) groups is 1. The van der Waals surface area contributed by atoms with E-state index in [4.69, 9.17) is 10.5 Å². The normalized spacial score (nSPS) is 16.1. The summed E-state index contributed by atoms with van der Waals surface area (Å²) in [7, 11) is 1.58. The Morgan fingerprint density at radius 1 is 1.56 bits per heavy atom. The minimum Gasteiger partial charge on any atom is -0.497 e. The van der Waals surface area contributed by atoms with E-state index < -0.39 is 0 Å². The van der Waals surface area contributed by atoms with Crippen molar-refractivity contribution in [1.29, 1.82) is 0 Å². The Kier molecular flexibility index (Phi) is 3.75. The number of carbonyl (C=O) groups excluding carboxylic acids is 1. The van der Waals surface area contributed by atoms with Gasteiger partial charge in [0.25, 0.3) is 5.91 Å². The molecule has 3 N–H and O–H groups in total. The molecule has 1 aromatic carbocycles. The molecule has 0 spiro atoms. The first kappa shape index (κ1) is 12.7. The minimum atomic E-state index is -0.109. The molecule has 1 aliphatic carbocycles. The van der Waals surface area contributed by atoms with Gasteiger partial charge in [-0.05, 0) is 36.8 Å². The molecule has 4 heteroatoms. The van der Waals surface area contributed by atoms with Crippen LogP contribution in [-0.4, -0.2) is 19.6 Å². The first-order valence-electron chi connectivity index (χ1n) is 6.33. The van der Waals surface area contributed by atoms with E-state index in [1.165, 1.54) is 12.8 Å². The number of benzene rings is 1. The molecule has 2 rings (SSSR count). The molecule has 1 atom stereocenters. The predicted octanol–water partition coefficient (Wildman–Crippen LogP) is 2.05. The first-order valence-corrected chi connectivity index (χ1v) is 6.33. The summed E-state index contributed by atoms with van der Waals surface area (Å²) in [5, 5.41) is 2.94. The van der Waals surface area contributed by atoms with Crippen LogP contribution < -0.4 is 15.8 Å². The number of nitrogen functional groups attached to an aromatic ring is 1. The number of amides is 1. The van der Waals surface area contributed by atoms with Crippen LogP contribution in [-0.2, 0) is 0 Å². The number of methoxy groups -OCH3 is 1. The maximum atomic E-state index is 12.0. The number of nitrogens with one attached hydrogen (secondary N) is 1. The van der Waals surface area contributed by atoms with Crippen molar-refractivity contribution in [2.45, 2.75) is 19.8 Å². The number of rotatable bonds is 5. The topological polar surface area (TPSA) is 64.3 Å². The van der Waals surface area contributed by atoms with Crippen LogP contribution in [0.1, 0.15) is 30.1 Å². The number of hydrogen-bond acceptors (Lipinski definition) is 3. The van der Waals surface area contributed by atoms with E-state index in [-0.39, 0.29) is 5.91 Å². The van der Waals surface area contributed by atoms with Crippen LogP contribution in [0.25, 0.3) is 0 Å². The van der Waals surface area contributed by atoms with Gasteiger partial charge < -0.3 is 15.8 Å². The molecule has 0 saturated heterocycles. The van der Waals surface area contributed by atoms with Crippen molar-refractivity contribution in [2.75, 3.05) is 19.4 Å². The van der Waals surface area contributed by atoms with Crippen molar-refractivity contribution >= 4 is 11.6 Å². The highest BCUT2D eigenvalue weighted by Crippen LogP contribution is 2.36. The largest absolute Gasteiger partial charge is 0.497 e. The van der Waals surface area contributed by atoms with E-state index in [9.17, 15) is 4.79 Å². The van der Waals surface area contributed by atoms with Crippen molar-refractivity contribution in [2.24, 2.45) is 11.8 Å². The maximum absolute atomic E-state index is 12.0. The standard InChI is InChI=1S/C14H20N2O2/c1-9(10-3-4-10)8-16-14(17)12-6-5-11(18-2)7-13(12)15/h5-7,9-10H,3-4,8,15H2,1-2H3,(H,16,17). The fourth-order valence-electron chi connectivity index (χ4n) is 2.06. The molecule has 1 amide bonds. The summed E-state index contributed by atoms with van der Waals surface area (Å²) in [6, 6.07) is 5.11. The van der Waals surface area contributed by atoms with Gasteiger partial charge in [0, 0.05) is 18.3 Å². The summed E-state index contributed by atoms with van der Waals surface area (Å²) in [5.74, 6) is 1.89. The van der Waals surface area contributed by atoms with Crippen LogP contribution in [0.2, 0.25) is 0 Å². The molecule has 98 valence electrons. The van der Waals surface area contributed by atoms with E-state index in [0.717, 1.165) is 12.5 Å². The zero-order valence-electron chi connectivity index (χ0n) is 10.9. The second-order valence-corrected chi connectivity index (χ2v) is 4.98. The van der Waals surface area contributed by atoms with Crippen LogP contribution in [0.5, 0.6) is 5.75 Å². The molecular weight excluding hydrogens is 228 g/mol. The molecule has 0 aliphatic heterocycles. The van der Waals surface area contributed by atoms with Gasteiger partial charge in [-0.1, -0.05) is 6.92 Å². The van der Waals surface area contributed by atoms with Gasteiger partial charge in [-0.2, -0.15) is 0 Å². The number of anilines is 1. The van der Waals surface area contributed by atoms with Gasteiger partial charge in [-0.3, -0.25) is 4.79 Å². The summed E-state index contributed by atoms with van der Waals surface area (Å²) in [5.41, 5.74) is 6.80. The van der Waals surface area contributed by atoms with Crippen LogP contribution in [0.3, 0.4) is 0 Å². The molecule has 1 aliphatic rings. The summed E-state index contributed by atoms with van der Waals surface area (Å²) in [6.07, 6.45) is 2.59. The van der Waals surface area contributed by atoms with Crippen molar-refractivity contribution in [3.8, 4) is 5.75 Å². The molecule has 0 bridgehead atoms. The average Bonchev–Trinajstić information content (AvgIpc) is 3.19. The van der Waals surface area contributed by atoms with Gasteiger partial charge in [0.05, 0.1) is 12.7 Å². The quantitative estimate of drug-likeness (QED) is 0.784. The maximum Gasteiger partial charge on any atom is 0.253 e. The molecule has 0 aromatic heterocycles. The molecule has 1 aromatic rings. The van der Waals surface area contributed by atoms with E-state index in [1.807, 2.05) is 0 Å². The van der Waals surface area contributed by atoms with E-state index in [2.05, 4.69) is 12.2 Å². The number of ether oxygens (including phenoxy) is 1. The van der Waals surface area contributed by atoms with Crippen molar-refractivity contribution in [3.05, 3.63) is 23.8 Å². The Morgan fingerprint density at radius 2 is 2.28 bits per heavy atom.